The lowest BCUT2D eigenvalue weighted by Gasteiger charge is -2.38. The minimum absolute atomic E-state index is 0.111. The van der Waals surface area contributed by atoms with E-state index in [1.54, 1.807) is 19.2 Å². The van der Waals surface area contributed by atoms with Crippen molar-refractivity contribution in [3.05, 3.63) is 28.3 Å². The first-order valence-electron chi connectivity index (χ1n) is 7.33. The van der Waals surface area contributed by atoms with Crippen LogP contribution < -0.4 is 15.4 Å². The van der Waals surface area contributed by atoms with E-state index < -0.39 is 0 Å². The molecule has 0 radical (unpaired) electrons. The van der Waals surface area contributed by atoms with E-state index in [2.05, 4.69) is 0 Å². The maximum absolute atomic E-state index is 11.3. The molecule has 2 unspecified atom stereocenters. The summed E-state index contributed by atoms with van der Waals surface area (Å²) in [4.78, 5) is 12.9. The molecule has 1 aliphatic carbocycles. The van der Waals surface area contributed by atoms with E-state index in [4.69, 9.17) is 10.5 Å². The molecule has 6 heteroatoms. The first-order valence-corrected chi connectivity index (χ1v) is 7.33. The SMILES string of the molecule is COc1ccc([N+](=O)[O-])c(N(C)C2CCCCC2CN)c1. The van der Waals surface area contributed by atoms with Gasteiger partial charge >= 0.3 is 0 Å². The summed E-state index contributed by atoms with van der Waals surface area (Å²) in [6, 6.07) is 5.11. The average Bonchev–Trinajstić information content (AvgIpc) is 2.53. The van der Waals surface area contributed by atoms with Crippen molar-refractivity contribution in [1.29, 1.82) is 0 Å². The van der Waals surface area contributed by atoms with Gasteiger partial charge in [0.25, 0.3) is 5.69 Å². The van der Waals surface area contributed by atoms with Crippen LogP contribution in [0.25, 0.3) is 0 Å². The number of anilines is 1. The van der Waals surface area contributed by atoms with Crippen LogP contribution in [0.1, 0.15) is 25.7 Å². The number of nitro benzene ring substituents is 1. The third-order valence-electron chi connectivity index (χ3n) is 4.43. The summed E-state index contributed by atoms with van der Waals surface area (Å²) in [5.41, 5.74) is 6.59. The highest BCUT2D eigenvalue weighted by Crippen LogP contribution is 2.36. The Morgan fingerprint density at radius 2 is 2.14 bits per heavy atom. The molecule has 116 valence electrons. The highest BCUT2D eigenvalue weighted by Gasteiger charge is 2.30. The summed E-state index contributed by atoms with van der Waals surface area (Å²) in [5.74, 6) is 1.01. The summed E-state index contributed by atoms with van der Waals surface area (Å²) in [5, 5.41) is 11.3. The lowest BCUT2D eigenvalue weighted by Crippen LogP contribution is -2.43. The third-order valence-corrected chi connectivity index (χ3v) is 4.43. The molecule has 21 heavy (non-hydrogen) atoms. The number of methoxy groups -OCH3 is 1. The Balaban J connectivity index is 2.35. The second-order valence-electron chi connectivity index (χ2n) is 5.57. The maximum Gasteiger partial charge on any atom is 0.292 e. The standard InChI is InChI=1S/C15H23N3O3/c1-17(13-6-4-3-5-11(13)10-16)15-9-12(21-2)7-8-14(15)18(19)20/h7-9,11,13H,3-6,10,16H2,1-2H3. The lowest BCUT2D eigenvalue weighted by atomic mass is 9.83. The third kappa shape index (κ3) is 3.26. The lowest BCUT2D eigenvalue weighted by molar-refractivity contribution is -0.384. The normalized spacial score (nSPS) is 21.9. The van der Waals surface area contributed by atoms with Crippen molar-refractivity contribution in [3.63, 3.8) is 0 Å². The van der Waals surface area contributed by atoms with Gasteiger partial charge in [0.05, 0.1) is 12.0 Å². The molecule has 0 heterocycles. The van der Waals surface area contributed by atoms with E-state index in [1.807, 2.05) is 11.9 Å². The Kier molecular flexibility index (Phi) is 5.01. The largest absolute Gasteiger partial charge is 0.497 e. The van der Waals surface area contributed by atoms with Gasteiger partial charge in [-0.25, -0.2) is 0 Å². The van der Waals surface area contributed by atoms with Crippen LogP contribution in [-0.4, -0.2) is 31.7 Å². The molecule has 0 amide bonds. The second kappa shape index (κ2) is 6.76. The topological polar surface area (TPSA) is 81.6 Å². The van der Waals surface area contributed by atoms with Crippen LogP contribution in [0.3, 0.4) is 0 Å². The summed E-state index contributed by atoms with van der Waals surface area (Å²) in [6.07, 6.45) is 4.44. The number of nitrogens with zero attached hydrogens (tertiary/aromatic N) is 2. The van der Waals surface area contributed by atoms with Gasteiger partial charge in [-0.15, -0.1) is 0 Å². The van der Waals surface area contributed by atoms with Crippen LogP contribution in [0.5, 0.6) is 5.75 Å². The first kappa shape index (κ1) is 15.6. The number of rotatable bonds is 5. The molecule has 0 aliphatic heterocycles. The van der Waals surface area contributed by atoms with Crippen LogP contribution in [-0.2, 0) is 0 Å². The number of hydrogen-bond acceptors (Lipinski definition) is 5. The van der Waals surface area contributed by atoms with Gasteiger partial charge in [-0.2, -0.15) is 0 Å². The van der Waals surface area contributed by atoms with Gasteiger partial charge in [-0.1, -0.05) is 12.8 Å². The van der Waals surface area contributed by atoms with Gasteiger partial charge in [-0.3, -0.25) is 10.1 Å². The van der Waals surface area contributed by atoms with Crippen molar-refractivity contribution in [2.75, 3.05) is 25.6 Å². The number of benzene rings is 1. The smallest absolute Gasteiger partial charge is 0.292 e. The van der Waals surface area contributed by atoms with E-state index in [1.165, 1.54) is 12.5 Å². The minimum Gasteiger partial charge on any atom is -0.497 e. The van der Waals surface area contributed by atoms with Crippen molar-refractivity contribution >= 4 is 11.4 Å². The fraction of sp³-hybridized carbons (Fsp3) is 0.600. The molecule has 0 saturated heterocycles. The molecule has 1 aliphatic rings. The molecule has 6 nitrogen and oxygen atoms in total. The van der Waals surface area contributed by atoms with E-state index in [0.29, 0.717) is 23.9 Å². The van der Waals surface area contributed by atoms with Gasteiger partial charge in [0, 0.05) is 25.2 Å². The fourth-order valence-electron chi connectivity index (χ4n) is 3.22. The van der Waals surface area contributed by atoms with Gasteiger partial charge < -0.3 is 15.4 Å². The monoisotopic (exact) mass is 293 g/mol. The Morgan fingerprint density at radius 1 is 1.43 bits per heavy atom. The molecule has 1 aromatic carbocycles. The predicted molar refractivity (Wildman–Crippen MR) is 82.9 cm³/mol. The van der Waals surface area contributed by atoms with Crippen LogP contribution in [0.15, 0.2) is 18.2 Å². The summed E-state index contributed by atoms with van der Waals surface area (Å²) in [7, 11) is 3.48. The molecular formula is C15H23N3O3. The molecule has 0 aromatic heterocycles. The van der Waals surface area contributed by atoms with E-state index >= 15 is 0 Å². The quantitative estimate of drug-likeness (QED) is 0.666. The van der Waals surface area contributed by atoms with Crippen LogP contribution in [0, 0.1) is 16.0 Å². The van der Waals surface area contributed by atoms with Crippen LogP contribution in [0.2, 0.25) is 0 Å². The highest BCUT2D eigenvalue weighted by molar-refractivity contribution is 5.66. The first-order chi connectivity index (χ1) is 10.1. The molecule has 0 spiro atoms. The summed E-state index contributed by atoms with van der Waals surface area (Å²) >= 11 is 0. The van der Waals surface area contributed by atoms with Gasteiger partial charge in [0.2, 0.25) is 0 Å². The van der Waals surface area contributed by atoms with Gasteiger partial charge in [-0.05, 0) is 31.4 Å². The van der Waals surface area contributed by atoms with Gasteiger partial charge in [0.1, 0.15) is 11.4 Å². The average molecular weight is 293 g/mol. The van der Waals surface area contributed by atoms with Crippen molar-refractivity contribution in [2.24, 2.45) is 11.7 Å². The van der Waals surface area contributed by atoms with Crippen molar-refractivity contribution in [3.8, 4) is 5.75 Å². The number of ether oxygens (including phenoxy) is 1. The van der Waals surface area contributed by atoms with E-state index in [9.17, 15) is 10.1 Å². The number of hydrogen-bond donors (Lipinski definition) is 1. The van der Waals surface area contributed by atoms with Crippen LogP contribution >= 0.6 is 0 Å². The Bertz CT molecular complexity index is 507. The number of nitrogens with two attached hydrogens (primary N) is 1. The van der Waals surface area contributed by atoms with Crippen LogP contribution in [0.4, 0.5) is 11.4 Å². The summed E-state index contributed by atoms with van der Waals surface area (Å²) < 4.78 is 5.21. The molecule has 1 aromatic rings. The molecular weight excluding hydrogens is 270 g/mol. The molecule has 2 rings (SSSR count). The van der Waals surface area contributed by atoms with E-state index in [0.717, 1.165) is 19.3 Å². The molecule has 1 saturated carbocycles. The highest BCUT2D eigenvalue weighted by atomic mass is 16.6. The second-order valence-corrected chi connectivity index (χ2v) is 5.57. The fourth-order valence-corrected chi connectivity index (χ4v) is 3.22. The zero-order chi connectivity index (χ0) is 15.4. The molecule has 2 N–H and O–H groups in total. The Morgan fingerprint density at radius 3 is 2.76 bits per heavy atom. The zero-order valence-electron chi connectivity index (χ0n) is 12.6. The number of nitro groups is 1. The van der Waals surface area contributed by atoms with Crippen molar-refractivity contribution in [1.82, 2.24) is 0 Å². The van der Waals surface area contributed by atoms with Crippen molar-refractivity contribution < 1.29 is 9.66 Å². The Labute approximate surface area is 125 Å². The molecule has 0 bridgehead atoms. The molecule has 2 atom stereocenters. The van der Waals surface area contributed by atoms with Crippen molar-refractivity contribution in [2.45, 2.75) is 31.7 Å². The van der Waals surface area contributed by atoms with Gasteiger partial charge in [0.15, 0.2) is 0 Å². The minimum atomic E-state index is -0.342. The maximum atomic E-state index is 11.3. The predicted octanol–water partition coefficient (Wildman–Crippen LogP) is 2.56. The molecule has 1 fully saturated rings. The Hall–Kier alpha value is -1.82. The van der Waals surface area contributed by atoms with E-state index in [-0.39, 0.29) is 16.7 Å². The zero-order valence-corrected chi connectivity index (χ0v) is 12.6. The summed E-state index contributed by atoms with van der Waals surface area (Å²) in [6.45, 7) is 0.618.